The van der Waals surface area contributed by atoms with E-state index in [9.17, 15) is 18.7 Å². The summed E-state index contributed by atoms with van der Waals surface area (Å²) in [5.74, 6) is -0.246. The molecule has 0 aliphatic heterocycles. The van der Waals surface area contributed by atoms with Gasteiger partial charge in [0.2, 0.25) is 0 Å². The highest BCUT2D eigenvalue weighted by Gasteiger charge is 2.26. The third-order valence-corrected chi connectivity index (χ3v) is 3.17. The van der Waals surface area contributed by atoms with E-state index >= 15 is 0 Å². The Bertz CT molecular complexity index is 638. The molecule has 0 fully saturated rings. The number of nitrogens with one attached hydrogen (secondary N) is 1. The number of halogens is 2. The van der Waals surface area contributed by atoms with Gasteiger partial charge in [-0.2, -0.15) is 5.10 Å². The molecule has 1 unspecified atom stereocenters. The second-order valence-electron chi connectivity index (χ2n) is 5.57. The zero-order chi connectivity index (χ0) is 17.0. The van der Waals surface area contributed by atoms with Crippen LogP contribution in [0.4, 0.5) is 8.78 Å². The molecule has 2 N–H and O–H groups in total. The summed E-state index contributed by atoms with van der Waals surface area (Å²) < 4.78 is 32.7. The number of aliphatic hydroxyl groups excluding tert-OH is 1. The lowest BCUT2D eigenvalue weighted by Gasteiger charge is -2.13. The van der Waals surface area contributed by atoms with Crippen molar-refractivity contribution in [2.45, 2.75) is 32.9 Å². The van der Waals surface area contributed by atoms with E-state index in [-0.39, 0.29) is 11.6 Å². The van der Waals surface area contributed by atoms with Gasteiger partial charge in [0.05, 0.1) is 18.4 Å². The van der Waals surface area contributed by atoms with Crippen molar-refractivity contribution in [3.63, 3.8) is 0 Å². The first-order chi connectivity index (χ1) is 10.9. The Labute approximate surface area is 132 Å². The van der Waals surface area contributed by atoms with E-state index in [2.05, 4.69) is 10.4 Å². The lowest BCUT2D eigenvalue weighted by molar-refractivity contribution is 0.0889. The molecule has 126 valence electrons. The van der Waals surface area contributed by atoms with Gasteiger partial charge in [-0.15, -0.1) is 0 Å². The van der Waals surface area contributed by atoms with Crippen molar-refractivity contribution in [3.8, 4) is 0 Å². The Balaban J connectivity index is 2.22. The largest absolute Gasteiger partial charge is 0.467 e. The summed E-state index contributed by atoms with van der Waals surface area (Å²) >= 11 is 0. The first-order valence-electron chi connectivity index (χ1n) is 7.23. The van der Waals surface area contributed by atoms with Crippen LogP contribution in [0.1, 0.15) is 48.1 Å². The average molecular weight is 327 g/mol. The third-order valence-electron chi connectivity index (χ3n) is 3.17. The number of carbonyl (C=O) groups is 1. The van der Waals surface area contributed by atoms with Gasteiger partial charge in [0.1, 0.15) is 11.8 Å². The van der Waals surface area contributed by atoms with Crippen LogP contribution < -0.4 is 5.32 Å². The lowest BCUT2D eigenvalue weighted by atomic mass is 10.2. The lowest BCUT2D eigenvalue weighted by Crippen LogP contribution is -2.31. The molecule has 2 rings (SSSR count). The summed E-state index contributed by atoms with van der Waals surface area (Å²) in [7, 11) is 0. The molecule has 1 amide bonds. The highest BCUT2D eigenvalue weighted by Crippen LogP contribution is 2.23. The summed E-state index contributed by atoms with van der Waals surface area (Å²) in [6.07, 6.45) is -0.236. The zero-order valence-electron chi connectivity index (χ0n) is 12.9. The molecule has 8 heteroatoms. The van der Waals surface area contributed by atoms with Crippen LogP contribution in [0.15, 0.2) is 29.0 Å². The summed E-state index contributed by atoms with van der Waals surface area (Å²) in [6, 6.07) is 2.36. The van der Waals surface area contributed by atoms with E-state index in [1.165, 1.54) is 17.1 Å². The Morgan fingerprint density at radius 2 is 2.22 bits per heavy atom. The number of hydrogen-bond acceptors (Lipinski definition) is 4. The number of nitrogens with zero attached hydrogens (tertiary/aromatic N) is 2. The maximum absolute atomic E-state index is 13.1. The molecule has 2 aromatic heterocycles. The second kappa shape index (κ2) is 7.36. The van der Waals surface area contributed by atoms with Gasteiger partial charge in [-0.05, 0) is 18.1 Å². The van der Waals surface area contributed by atoms with Crippen molar-refractivity contribution >= 4 is 5.91 Å². The third kappa shape index (κ3) is 4.16. The predicted molar refractivity (Wildman–Crippen MR) is 78.0 cm³/mol. The number of aromatic nitrogens is 2. The highest BCUT2D eigenvalue weighted by molar-refractivity contribution is 5.94. The molecule has 2 heterocycles. The first kappa shape index (κ1) is 17.1. The maximum atomic E-state index is 13.1. The van der Waals surface area contributed by atoms with Gasteiger partial charge >= 0.3 is 0 Å². The molecule has 0 spiro atoms. The van der Waals surface area contributed by atoms with Gasteiger partial charge in [-0.3, -0.25) is 9.48 Å². The highest BCUT2D eigenvalue weighted by atomic mass is 19.3. The van der Waals surface area contributed by atoms with E-state index in [1.807, 2.05) is 13.8 Å². The average Bonchev–Trinajstić information content (AvgIpc) is 3.13. The fourth-order valence-electron chi connectivity index (χ4n) is 2.16. The molecule has 23 heavy (non-hydrogen) atoms. The number of alkyl halides is 2. The van der Waals surface area contributed by atoms with E-state index in [4.69, 9.17) is 4.42 Å². The molecule has 0 aliphatic rings. The van der Waals surface area contributed by atoms with Crippen molar-refractivity contribution in [1.82, 2.24) is 15.1 Å². The number of hydrogen-bond donors (Lipinski definition) is 2. The van der Waals surface area contributed by atoms with Crippen LogP contribution in [0.5, 0.6) is 0 Å². The van der Waals surface area contributed by atoms with Crippen molar-refractivity contribution in [3.05, 3.63) is 41.6 Å². The molecule has 0 radical (unpaired) electrons. The molecule has 0 bridgehead atoms. The van der Waals surface area contributed by atoms with Crippen LogP contribution in [0, 0.1) is 5.92 Å². The van der Waals surface area contributed by atoms with Crippen LogP contribution in [-0.4, -0.2) is 27.4 Å². The molecular formula is C15H19F2N3O3. The number of furan rings is 1. The fourth-order valence-corrected chi connectivity index (χ4v) is 2.16. The van der Waals surface area contributed by atoms with Crippen molar-refractivity contribution in [2.75, 3.05) is 6.61 Å². The fraction of sp³-hybridized carbons (Fsp3) is 0.467. The summed E-state index contributed by atoms with van der Waals surface area (Å²) in [6.45, 7) is 3.84. The van der Waals surface area contributed by atoms with Gasteiger partial charge in [-0.1, -0.05) is 13.8 Å². The van der Waals surface area contributed by atoms with Gasteiger partial charge in [-0.25, -0.2) is 8.78 Å². The van der Waals surface area contributed by atoms with Gasteiger partial charge in [0.25, 0.3) is 12.3 Å². The molecule has 0 saturated heterocycles. The predicted octanol–water partition coefficient (Wildman–Crippen LogP) is 2.53. The standard InChI is InChI=1S/C15H19F2N3O3/c1-9(2)6-20-7-10(14(16)17)13(19-20)15(22)18-11(8-21)12-4-3-5-23-12/h3-5,7,9,11,14,21H,6,8H2,1-2H3,(H,18,22). The number of amides is 1. The second-order valence-corrected chi connectivity index (χ2v) is 5.57. The Kier molecular flexibility index (Phi) is 5.49. The SMILES string of the molecule is CC(C)Cn1cc(C(F)F)c(C(=O)NC(CO)c2ccco2)n1. The van der Waals surface area contributed by atoms with E-state index in [0.717, 1.165) is 0 Å². The van der Waals surface area contributed by atoms with Crippen molar-refractivity contribution in [1.29, 1.82) is 0 Å². The smallest absolute Gasteiger partial charge is 0.272 e. The number of carbonyl (C=O) groups excluding carboxylic acids is 1. The molecule has 0 aliphatic carbocycles. The number of rotatable bonds is 7. The maximum Gasteiger partial charge on any atom is 0.272 e. The van der Waals surface area contributed by atoms with Crippen LogP contribution in [0.25, 0.3) is 0 Å². The summed E-state index contributed by atoms with van der Waals surface area (Å²) in [5, 5.41) is 15.8. The summed E-state index contributed by atoms with van der Waals surface area (Å²) in [4.78, 5) is 12.3. The number of aliphatic hydroxyl groups is 1. The van der Waals surface area contributed by atoms with E-state index in [0.29, 0.717) is 12.3 Å². The van der Waals surface area contributed by atoms with Gasteiger partial charge < -0.3 is 14.8 Å². The minimum Gasteiger partial charge on any atom is -0.467 e. The minimum atomic E-state index is -2.81. The van der Waals surface area contributed by atoms with Gasteiger partial charge in [0, 0.05) is 12.7 Å². The molecule has 6 nitrogen and oxygen atoms in total. The molecule has 0 aromatic carbocycles. The Morgan fingerprint density at radius 3 is 2.74 bits per heavy atom. The van der Waals surface area contributed by atoms with Crippen LogP contribution >= 0.6 is 0 Å². The molecule has 0 saturated carbocycles. The Morgan fingerprint density at radius 1 is 1.48 bits per heavy atom. The molecule has 2 aromatic rings. The normalized spacial score (nSPS) is 12.8. The van der Waals surface area contributed by atoms with Crippen molar-refractivity contribution in [2.24, 2.45) is 5.92 Å². The minimum absolute atomic E-state index is 0.199. The molecule has 1 atom stereocenters. The van der Waals surface area contributed by atoms with Crippen LogP contribution in [0.3, 0.4) is 0 Å². The van der Waals surface area contributed by atoms with E-state index < -0.39 is 30.5 Å². The summed E-state index contributed by atoms with van der Waals surface area (Å²) in [5.41, 5.74) is -0.773. The zero-order valence-corrected chi connectivity index (χ0v) is 12.9. The topological polar surface area (TPSA) is 80.3 Å². The quantitative estimate of drug-likeness (QED) is 0.819. The first-order valence-corrected chi connectivity index (χ1v) is 7.23. The van der Waals surface area contributed by atoms with Gasteiger partial charge in [0.15, 0.2) is 5.69 Å². The monoisotopic (exact) mass is 327 g/mol. The van der Waals surface area contributed by atoms with Crippen LogP contribution in [0.2, 0.25) is 0 Å². The van der Waals surface area contributed by atoms with Crippen molar-refractivity contribution < 1.29 is 23.1 Å². The van der Waals surface area contributed by atoms with Crippen LogP contribution in [-0.2, 0) is 6.54 Å². The Hall–Kier alpha value is -2.22. The van der Waals surface area contributed by atoms with E-state index in [1.54, 1.807) is 12.1 Å². The molecular weight excluding hydrogens is 308 g/mol.